The van der Waals surface area contributed by atoms with Crippen molar-refractivity contribution in [1.29, 1.82) is 0 Å². The van der Waals surface area contributed by atoms with Crippen LogP contribution in [-0.2, 0) is 16.0 Å². The minimum Gasteiger partial charge on any atom is -0.381 e. The molecule has 0 atom stereocenters. The number of ether oxygens (including phenoxy) is 2. The number of guanidine groups is 1. The fourth-order valence-corrected chi connectivity index (χ4v) is 3.54. The molecule has 0 aromatic carbocycles. The molecule has 8 heteroatoms. The lowest BCUT2D eigenvalue weighted by Gasteiger charge is -2.36. The van der Waals surface area contributed by atoms with Gasteiger partial charge in [0.1, 0.15) is 5.76 Å². The second-order valence-electron chi connectivity index (χ2n) is 7.20. The van der Waals surface area contributed by atoms with Gasteiger partial charge in [0.15, 0.2) is 5.96 Å². The lowest BCUT2D eigenvalue weighted by molar-refractivity contribution is -0.0320. The minimum atomic E-state index is 0.375. The number of aliphatic imine (C=N–C) groups is 1. The van der Waals surface area contributed by atoms with Crippen molar-refractivity contribution in [1.82, 2.24) is 20.3 Å². The average Bonchev–Trinajstić information content (AvgIpc) is 3.11. The maximum Gasteiger partial charge on any atom is 0.193 e. The molecule has 2 fully saturated rings. The van der Waals surface area contributed by atoms with Crippen LogP contribution < -0.4 is 5.32 Å². The molecule has 1 aromatic heterocycles. The third-order valence-corrected chi connectivity index (χ3v) is 5.07. The van der Waals surface area contributed by atoms with Gasteiger partial charge in [-0.25, -0.2) is 0 Å². The summed E-state index contributed by atoms with van der Waals surface area (Å²) >= 11 is 0. The van der Waals surface area contributed by atoms with E-state index in [2.05, 4.69) is 25.3 Å². The summed E-state index contributed by atoms with van der Waals surface area (Å²) < 4.78 is 16.4. The Kier molecular flexibility index (Phi) is 7.92. The van der Waals surface area contributed by atoms with Crippen molar-refractivity contribution in [3.8, 4) is 0 Å². The van der Waals surface area contributed by atoms with Gasteiger partial charge in [-0.05, 0) is 26.2 Å². The van der Waals surface area contributed by atoms with E-state index in [1.807, 2.05) is 20.0 Å². The summed E-state index contributed by atoms with van der Waals surface area (Å²) in [6.07, 6.45) is 3.40. The molecule has 152 valence electrons. The number of nitrogens with zero attached hydrogens (tertiary/aromatic N) is 4. The summed E-state index contributed by atoms with van der Waals surface area (Å²) in [6.45, 7) is 10.0. The minimum absolute atomic E-state index is 0.375. The molecule has 0 spiro atoms. The first-order chi connectivity index (χ1) is 13.2. The van der Waals surface area contributed by atoms with Crippen LogP contribution in [0, 0.1) is 6.92 Å². The van der Waals surface area contributed by atoms with Crippen molar-refractivity contribution >= 4 is 5.96 Å². The van der Waals surface area contributed by atoms with Crippen molar-refractivity contribution in [2.75, 3.05) is 59.6 Å². The second kappa shape index (κ2) is 10.6. The van der Waals surface area contributed by atoms with E-state index in [0.29, 0.717) is 6.10 Å². The standard InChI is InChI=1S/C19H33N5O3/c1-16-14-17(22-27-16)15-23-7-9-24(10-8-23)19(20-2)21-6-3-11-26-18-4-12-25-13-5-18/h14,18H,3-13,15H2,1-2H3,(H,20,21). The first kappa shape index (κ1) is 20.1. The molecule has 1 N–H and O–H groups in total. The number of aryl methyl sites for hydroxylation is 1. The third-order valence-electron chi connectivity index (χ3n) is 5.07. The van der Waals surface area contributed by atoms with Crippen molar-refractivity contribution < 1.29 is 14.0 Å². The van der Waals surface area contributed by atoms with E-state index in [0.717, 1.165) is 95.8 Å². The Morgan fingerprint density at radius 2 is 2.07 bits per heavy atom. The fraction of sp³-hybridized carbons (Fsp3) is 0.789. The van der Waals surface area contributed by atoms with Gasteiger partial charge >= 0.3 is 0 Å². The predicted octanol–water partition coefficient (Wildman–Crippen LogP) is 1.26. The molecule has 8 nitrogen and oxygen atoms in total. The van der Waals surface area contributed by atoms with Gasteiger partial charge in [0.25, 0.3) is 0 Å². The summed E-state index contributed by atoms with van der Waals surface area (Å²) in [6, 6.07) is 2.01. The molecule has 0 bridgehead atoms. The Labute approximate surface area is 161 Å². The van der Waals surface area contributed by atoms with Crippen molar-refractivity contribution in [2.24, 2.45) is 4.99 Å². The number of rotatable bonds is 7. The topological polar surface area (TPSA) is 75.4 Å². The molecule has 2 saturated heterocycles. The molecule has 2 aliphatic heterocycles. The molecule has 3 rings (SSSR count). The van der Waals surface area contributed by atoms with E-state index in [9.17, 15) is 0 Å². The first-order valence-corrected chi connectivity index (χ1v) is 10.0. The second-order valence-corrected chi connectivity index (χ2v) is 7.20. The third kappa shape index (κ3) is 6.48. The van der Waals surface area contributed by atoms with Crippen LogP contribution in [0.15, 0.2) is 15.6 Å². The van der Waals surface area contributed by atoms with Gasteiger partial charge in [0.2, 0.25) is 0 Å². The van der Waals surface area contributed by atoms with E-state index in [1.165, 1.54) is 0 Å². The Hall–Kier alpha value is -1.64. The van der Waals surface area contributed by atoms with Crippen LogP contribution in [0.1, 0.15) is 30.7 Å². The lowest BCUT2D eigenvalue weighted by Crippen LogP contribution is -2.52. The molecule has 0 radical (unpaired) electrons. The molecule has 0 saturated carbocycles. The number of piperazine rings is 1. The number of nitrogens with one attached hydrogen (secondary N) is 1. The van der Waals surface area contributed by atoms with Crippen LogP contribution >= 0.6 is 0 Å². The Bertz CT molecular complexity index is 578. The molecule has 0 unspecified atom stereocenters. The Balaban J connectivity index is 1.30. The van der Waals surface area contributed by atoms with Crippen molar-refractivity contribution in [3.63, 3.8) is 0 Å². The molecular weight excluding hydrogens is 346 g/mol. The van der Waals surface area contributed by atoms with Gasteiger partial charge in [0, 0.05) is 72.2 Å². The van der Waals surface area contributed by atoms with Gasteiger partial charge in [-0.2, -0.15) is 0 Å². The molecule has 1 aromatic rings. The molecule has 27 heavy (non-hydrogen) atoms. The summed E-state index contributed by atoms with van der Waals surface area (Å²) in [4.78, 5) is 9.17. The highest BCUT2D eigenvalue weighted by molar-refractivity contribution is 5.79. The SMILES string of the molecule is CN=C(NCCCOC1CCOCC1)N1CCN(Cc2cc(C)on2)CC1. The number of aromatic nitrogens is 1. The van der Waals surface area contributed by atoms with Crippen LogP contribution in [0.3, 0.4) is 0 Å². The van der Waals surface area contributed by atoms with E-state index in [-0.39, 0.29) is 0 Å². The largest absolute Gasteiger partial charge is 0.381 e. The zero-order chi connectivity index (χ0) is 18.9. The smallest absolute Gasteiger partial charge is 0.193 e. The highest BCUT2D eigenvalue weighted by atomic mass is 16.5. The van der Waals surface area contributed by atoms with Crippen LogP contribution in [0.2, 0.25) is 0 Å². The maximum absolute atomic E-state index is 5.92. The van der Waals surface area contributed by atoms with Crippen LogP contribution in [0.25, 0.3) is 0 Å². The predicted molar refractivity (Wildman–Crippen MR) is 104 cm³/mol. The molecule has 3 heterocycles. The number of hydrogen-bond acceptors (Lipinski definition) is 6. The van der Waals surface area contributed by atoms with E-state index >= 15 is 0 Å². The van der Waals surface area contributed by atoms with E-state index in [1.54, 1.807) is 0 Å². The summed E-state index contributed by atoms with van der Waals surface area (Å²) in [5, 5.41) is 7.56. The molecule has 0 amide bonds. The van der Waals surface area contributed by atoms with Crippen LogP contribution in [0.4, 0.5) is 0 Å². The average molecular weight is 380 g/mol. The van der Waals surface area contributed by atoms with Crippen LogP contribution in [0.5, 0.6) is 0 Å². The van der Waals surface area contributed by atoms with Gasteiger partial charge in [0.05, 0.1) is 11.8 Å². The molecule has 0 aliphatic carbocycles. The van der Waals surface area contributed by atoms with Crippen LogP contribution in [-0.4, -0.2) is 86.6 Å². The summed E-state index contributed by atoms with van der Waals surface area (Å²) in [7, 11) is 1.85. The highest BCUT2D eigenvalue weighted by Gasteiger charge is 2.20. The van der Waals surface area contributed by atoms with Crippen molar-refractivity contribution in [3.05, 3.63) is 17.5 Å². The monoisotopic (exact) mass is 379 g/mol. The van der Waals surface area contributed by atoms with Gasteiger partial charge in [-0.3, -0.25) is 9.89 Å². The Morgan fingerprint density at radius 3 is 2.74 bits per heavy atom. The fourth-order valence-electron chi connectivity index (χ4n) is 3.54. The van der Waals surface area contributed by atoms with E-state index in [4.69, 9.17) is 14.0 Å². The Morgan fingerprint density at radius 1 is 1.30 bits per heavy atom. The van der Waals surface area contributed by atoms with Gasteiger partial charge in [-0.1, -0.05) is 5.16 Å². The molecule has 2 aliphatic rings. The highest BCUT2D eigenvalue weighted by Crippen LogP contribution is 2.11. The van der Waals surface area contributed by atoms with Crippen molar-refractivity contribution in [2.45, 2.75) is 38.8 Å². The van der Waals surface area contributed by atoms with E-state index < -0.39 is 0 Å². The summed E-state index contributed by atoms with van der Waals surface area (Å²) in [5.41, 5.74) is 1.01. The molecular formula is C19H33N5O3. The zero-order valence-electron chi connectivity index (χ0n) is 16.7. The normalized spacial score (nSPS) is 20.2. The summed E-state index contributed by atoms with van der Waals surface area (Å²) in [5.74, 6) is 1.85. The maximum atomic E-state index is 5.92. The van der Waals surface area contributed by atoms with Gasteiger partial charge < -0.3 is 24.2 Å². The quantitative estimate of drug-likeness (QED) is 0.434. The zero-order valence-corrected chi connectivity index (χ0v) is 16.7. The number of hydrogen-bond donors (Lipinski definition) is 1. The lowest BCUT2D eigenvalue weighted by atomic mass is 10.1. The first-order valence-electron chi connectivity index (χ1n) is 10.0. The van der Waals surface area contributed by atoms with Gasteiger partial charge in [-0.15, -0.1) is 0 Å².